The third-order valence-electron chi connectivity index (χ3n) is 4.23. The first kappa shape index (κ1) is 20.7. The van der Waals surface area contributed by atoms with E-state index >= 15 is 0 Å². The maximum Gasteiger partial charge on any atom is 0.218 e. The number of aliphatic imine (C=N–C) groups is 1. The lowest BCUT2D eigenvalue weighted by atomic mass is 9.99. The third kappa shape index (κ3) is 6.90. The molecule has 0 bridgehead atoms. The van der Waals surface area contributed by atoms with Crippen molar-refractivity contribution in [2.75, 3.05) is 33.9 Å². The van der Waals surface area contributed by atoms with Crippen molar-refractivity contribution >= 4 is 5.96 Å². The molecule has 6 heteroatoms. The van der Waals surface area contributed by atoms with Crippen LogP contribution >= 0.6 is 0 Å². The fraction of sp³-hybridized carbons (Fsp3) is 0.429. The van der Waals surface area contributed by atoms with Gasteiger partial charge in [-0.15, -0.1) is 0 Å². The lowest BCUT2D eigenvalue weighted by molar-refractivity contribution is 0.143. The molecule has 6 nitrogen and oxygen atoms in total. The number of hydrogen-bond acceptors (Lipinski definition) is 4. The Labute approximate surface area is 162 Å². The Hall–Kier alpha value is -2.60. The molecule has 1 heterocycles. The maximum absolute atomic E-state index is 5.67. The van der Waals surface area contributed by atoms with Crippen molar-refractivity contribution in [2.24, 2.45) is 4.99 Å². The Kier molecular flexibility index (Phi) is 8.58. The summed E-state index contributed by atoms with van der Waals surface area (Å²) in [5.41, 5.74) is 3.57. The molecule has 0 amide bonds. The molecule has 0 saturated carbocycles. The molecule has 0 aliphatic heterocycles. The standard InChI is InChI=1S/C21H30N4O2/c1-16-7-5-8-18(13-16)17(2)14-24-21(22-3)25-15-19-9-6-10-23-20(19)27-12-11-26-4/h5-10,13,17H,11-12,14-15H2,1-4H3,(H2,22,24,25). The predicted octanol–water partition coefficient (Wildman–Crippen LogP) is 2.88. The fourth-order valence-electron chi connectivity index (χ4n) is 2.65. The predicted molar refractivity (Wildman–Crippen MR) is 109 cm³/mol. The Bertz CT molecular complexity index is 734. The summed E-state index contributed by atoms with van der Waals surface area (Å²) >= 11 is 0. The summed E-state index contributed by atoms with van der Waals surface area (Å²) in [5.74, 6) is 1.75. The van der Waals surface area contributed by atoms with Crippen molar-refractivity contribution in [1.29, 1.82) is 0 Å². The van der Waals surface area contributed by atoms with Crippen molar-refractivity contribution in [3.05, 3.63) is 59.3 Å². The van der Waals surface area contributed by atoms with E-state index in [1.807, 2.05) is 12.1 Å². The second-order valence-corrected chi connectivity index (χ2v) is 6.43. The van der Waals surface area contributed by atoms with Gasteiger partial charge in [-0.1, -0.05) is 42.8 Å². The van der Waals surface area contributed by atoms with E-state index in [-0.39, 0.29) is 0 Å². The Morgan fingerprint density at radius 1 is 1.19 bits per heavy atom. The zero-order valence-corrected chi connectivity index (χ0v) is 16.7. The first-order valence-electron chi connectivity index (χ1n) is 9.20. The smallest absolute Gasteiger partial charge is 0.218 e. The van der Waals surface area contributed by atoms with Gasteiger partial charge >= 0.3 is 0 Å². The number of benzene rings is 1. The van der Waals surface area contributed by atoms with E-state index in [4.69, 9.17) is 9.47 Å². The minimum absolute atomic E-state index is 0.384. The molecule has 1 aromatic carbocycles. The molecule has 0 aliphatic carbocycles. The highest BCUT2D eigenvalue weighted by Gasteiger charge is 2.09. The highest BCUT2D eigenvalue weighted by atomic mass is 16.5. The number of pyridine rings is 1. The van der Waals surface area contributed by atoms with Gasteiger partial charge in [-0.2, -0.15) is 0 Å². The van der Waals surface area contributed by atoms with Gasteiger partial charge in [0.25, 0.3) is 0 Å². The molecule has 27 heavy (non-hydrogen) atoms. The highest BCUT2D eigenvalue weighted by molar-refractivity contribution is 5.79. The van der Waals surface area contributed by atoms with E-state index < -0.39 is 0 Å². The number of guanidine groups is 1. The molecule has 146 valence electrons. The van der Waals surface area contributed by atoms with Gasteiger partial charge < -0.3 is 20.1 Å². The lowest BCUT2D eigenvalue weighted by Crippen LogP contribution is -2.38. The minimum atomic E-state index is 0.384. The number of aromatic nitrogens is 1. The normalized spacial score (nSPS) is 12.5. The fourth-order valence-corrected chi connectivity index (χ4v) is 2.65. The number of hydrogen-bond donors (Lipinski definition) is 2. The Morgan fingerprint density at radius 3 is 2.78 bits per heavy atom. The molecular formula is C21H30N4O2. The van der Waals surface area contributed by atoms with Crippen LogP contribution in [0.1, 0.15) is 29.5 Å². The minimum Gasteiger partial charge on any atom is -0.475 e. The number of rotatable bonds is 9. The van der Waals surface area contributed by atoms with Crippen LogP contribution in [-0.2, 0) is 11.3 Å². The molecular weight excluding hydrogens is 340 g/mol. The summed E-state index contributed by atoms with van der Waals surface area (Å²) in [4.78, 5) is 8.60. The Morgan fingerprint density at radius 2 is 2.04 bits per heavy atom. The van der Waals surface area contributed by atoms with Crippen LogP contribution in [0.2, 0.25) is 0 Å². The summed E-state index contributed by atoms with van der Waals surface area (Å²) < 4.78 is 10.7. The molecule has 2 aromatic rings. The topological polar surface area (TPSA) is 67.8 Å². The number of aryl methyl sites for hydroxylation is 1. The van der Waals surface area contributed by atoms with Crippen LogP contribution in [0, 0.1) is 6.92 Å². The van der Waals surface area contributed by atoms with E-state index in [0.717, 1.165) is 18.1 Å². The SMILES string of the molecule is CN=C(NCc1cccnc1OCCOC)NCC(C)c1cccc(C)c1. The lowest BCUT2D eigenvalue weighted by Gasteiger charge is -2.17. The molecule has 1 atom stereocenters. The summed E-state index contributed by atoms with van der Waals surface area (Å²) in [6.07, 6.45) is 1.72. The Balaban J connectivity index is 1.87. The first-order chi connectivity index (χ1) is 13.1. The van der Waals surface area contributed by atoms with Crippen LogP contribution in [-0.4, -0.2) is 44.9 Å². The van der Waals surface area contributed by atoms with E-state index in [0.29, 0.717) is 31.6 Å². The molecule has 0 spiro atoms. The summed E-state index contributed by atoms with van der Waals surface area (Å²) in [7, 11) is 3.42. The van der Waals surface area contributed by atoms with Crippen LogP contribution in [0.3, 0.4) is 0 Å². The second kappa shape index (κ2) is 11.2. The summed E-state index contributed by atoms with van der Waals surface area (Å²) in [6, 6.07) is 12.5. The van der Waals surface area contributed by atoms with Crippen LogP contribution in [0.5, 0.6) is 5.88 Å². The third-order valence-corrected chi connectivity index (χ3v) is 4.23. The molecule has 1 unspecified atom stereocenters. The van der Waals surface area contributed by atoms with E-state index in [2.05, 4.69) is 58.7 Å². The summed E-state index contributed by atoms with van der Waals surface area (Å²) in [6.45, 7) is 6.70. The van der Waals surface area contributed by atoms with Crippen LogP contribution in [0.25, 0.3) is 0 Å². The highest BCUT2D eigenvalue weighted by Crippen LogP contribution is 2.16. The monoisotopic (exact) mass is 370 g/mol. The molecule has 2 N–H and O–H groups in total. The van der Waals surface area contributed by atoms with Gasteiger partial charge in [-0.25, -0.2) is 4.98 Å². The molecule has 2 rings (SSSR count). The molecule has 0 saturated heterocycles. The zero-order valence-electron chi connectivity index (χ0n) is 16.7. The van der Waals surface area contributed by atoms with E-state index in [9.17, 15) is 0 Å². The van der Waals surface area contributed by atoms with E-state index in [1.165, 1.54) is 11.1 Å². The number of nitrogens with zero attached hydrogens (tertiary/aromatic N) is 2. The molecule has 0 aliphatic rings. The second-order valence-electron chi connectivity index (χ2n) is 6.43. The van der Waals surface area contributed by atoms with Crippen molar-refractivity contribution in [3.63, 3.8) is 0 Å². The van der Waals surface area contributed by atoms with Crippen molar-refractivity contribution in [2.45, 2.75) is 26.3 Å². The van der Waals surface area contributed by atoms with Crippen LogP contribution in [0.15, 0.2) is 47.6 Å². The van der Waals surface area contributed by atoms with Gasteiger partial charge in [0.2, 0.25) is 5.88 Å². The maximum atomic E-state index is 5.67. The van der Waals surface area contributed by atoms with Crippen molar-refractivity contribution < 1.29 is 9.47 Å². The largest absolute Gasteiger partial charge is 0.475 e. The number of nitrogens with one attached hydrogen (secondary N) is 2. The first-order valence-corrected chi connectivity index (χ1v) is 9.20. The van der Waals surface area contributed by atoms with Crippen molar-refractivity contribution in [3.8, 4) is 5.88 Å². The zero-order chi connectivity index (χ0) is 19.5. The van der Waals surface area contributed by atoms with Gasteiger partial charge in [0.1, 0.15) is 6.61 Å². The van der Waals surface area contributed by atoms with Crippen molar-refractivity contribution in [1.82, 2.24) is 15.6 Å². The quantitative estimate of drug-likeness (QED) is 0.404. The molecule has 1 aromatic heterocycles. The van der Waals surface area contributed by atoms with Gasteiger partial charge in [-0.05, 0) is 24.5 Å². The van der Waals surface area contributed by atoms with Crippen LogP contribution in [0.4, 0.5) is 0 Å². The van der Waals surface area contributed by atoms with Gasteiger partial charge in [-0.3, -0.25) is 4.99 Å². The van der Waals surface area contributed by atoms with E-state index in [1.54, 1.807) is 20.4 Å². The van der Waals surface area contributed by atoms with Gasteiger partial charge in [0.15, 0.2) is 5.96 Å². The van der Waals surface area contributed by atoms with Gasteiger partial charge in [0.05, 0.1) is 6.61 Å². The molecule has 0 fully saturated rings. The average molecular weight is 370 g/mol. The summed E-state index contributed by atoms with van der Waals surface area (Å²) in [5, 5.41) is 6.71. The van der Waals surface area contributed by atoms with Crippen LogP contribution < -0.4 is 15.4 Å². The average Bonchev–Trinajstić information content (AvgIpc) is 2.69. The van der Waals surface area contributed by atoms with Gasteiger partial charge in [0, 0.05) is 39.0 Å². The number of methoxy groups -OCH3 is 1. The number of ether oxygens (including phenoxy) is 2. The molecule has 0 radical (unpaired) electrons.